The van der Waals surface area contributed by atoms with Gasteiger partial charge in [-0.15, -0.1) is 23.5 Å². The van der Waals surface area contributed by atoms with Gasteiger partial charge < -0.3 is 4.90 Å². The van der Waals surface area contributed by atoms with Gasteiger partial charge in [0, 0.05) is 29.3 Å². The summed E-state index contributed by atoms with van der Waals surface area (Å²) in [6, 6.07) is 15.1. The smallest absolute Gasteiger partial charge is 0.237 e. The van der Waals surface area contributed by atoms with Crippen LogP contribution in [-0.2, 0) is 11.3 Å². The number of amides is 1. The summed E-state index contributed by atoms with van der Waals surface area (Å²) in [5, 5.41) is -0.224. The van der Waals surface area contributed by atoms with Gasteiger partial charge in [0.05, 0.1) is 6.54 Å². The molecule has 6 heteroatoms. The molecule has 0 aliphatic carbocycles. The van der Waals surface area contributed by atoms with Gasteiger partial charge in [0.1, 0.15) is 11.2 Å². The first-order valence-corrected chi connectivity index (χ1v) is 10.8. The predicted octanol–water partition coefficient (Wildman–Crippen LogP) is 4.25. The van der Waals surface area contributed by atoms with E-state index in [-0.39, 0.29) is 17.1 Å². The van der Waals surface area contributed by atoms with Crippen LogP contribution in [0.3, 0.4) is 0 Å². The molecule has 1 atom stereocenters. The van der Waals surface area contributed by atoms with E-state index >= 15 is 0 Å². The fourth-order valence-electron chi connectivity index (χ4n) is 3.08. The molecule has 1 saturated heterocycles. The number of rotatable bonds is 6. The van der Waals surface area contributed by atoms with Crippen molar-refractivity contribution >= 4 is 29.4 Å². The van der Waals surface area contributed by atoms with Crippen LogP contribution in [0.4, 0.5) is 4.39 Å². The first-order chi connectivity index (χ1) is 12.6. The highest BCUT2D eigenvalue weighted by Crippen LogP contribution is 2.38. The van der Waals surface area contributed by atoms with Gasteiger partial charge in [-0.3, -0.25) is 9.69 Å². The van der Waals surface area contributed by atoms with Crippen LogP contribution in [0, 0.1) is 5.82 Å². The highest BCUT2D eigenvalue weighted by Gasteiger charge is 2.32. The predicted molar refractivity (Wildman–Crippen MR) is 108 cm³/mol. The summed E-state index contributed by atoms with van der Waals surface area (Å²) in [6.45, 7) is 1.71. The van der Waals surface area contributed by atoms with E-state index in [2.05, 4.69) is 30.5 Å². The van der Waals surface area contributed by atoms with Gasteiger partial charge in [0.25, 0.3) is 0 Å². The van der Waals surface area contributed by atoms with Crippen LogP contribution in [0.2, 0.25) is 0 Å². The second-order valence-electron chi connectivity index (χ2n) is 6.35. The molecular formula is C20H23FN2OS2. The van der Waals surface area contributed by atoms with E-state index in [9.17, 15) is 9.18 Å². The van der Waals surface area contributed by atoms with Crippen LogP contribution in [0.5, 0.6) is 0 Å². The van der Waals surface area contributed by atoms with E-state index in [1.807, 2.05) is 18.0 Å². The summed E-state index contributed by atoms with van der Waals surface area (Å²) in [5.41, 5.74) is 1.78. The molecule has 138 valence electrons. The van der Waals surface area contributed by atoms with E-state index in [0.29, 0.717) is 25.2 Å². The van der Waals surface area contributed by atoms with E-state index in [1.165, 1.54) is 16.5 Å². The van der Waals surface area contributed by atoms with E-state index in [4.69, 9.17) is 0 Å². The molecule has 0 spiro atoms. The topological polar surface area (TPSA) is 23.6 Å². The van der Waals surface area contributed by atoms with Crippen molar-refractivity contribution in [2.75, 3.05) is 32.1 Å². The largest absolute Gasteiger partial charge is 0.325 e. The van der Waals surface area contributed by atoms with E-state index in [0.717, 1.165) is 5.75 Å². The van der Waals surface area contributed by atoms with Crippen molar-refractivity contribution in [3.8, 4) is 0 Å². The number of likely N-dealkylation sites (N-methyl/N-ethyl adjacent to an activating group) is 1. The van der Waals surface area contributed by atoms with Crippen molar-refractivity contribution in [2.45, 2.75) is 16.8 Å². The van der Waals surface area contributed by atoms with Crippen LogP contribution >= 0.6 is 23.5 Å². The highest BCUT2D eigenvalue weighted by atomic mass is 32.2. The summed E-state index contributed by atoms with van der Waals surface area (Å²) in [4.78, 5) is 17.8. The van der Waals surface area contributed by atoms with Crippen molar-refractivity contribution in [1.29, 1.82) is 0 Å². The second-order valence-corrected chi connectivity index (χ2v) is 8.42. The average molecular weight is 391 g/mol. The normalized spacial score (nSPS) is 17.1. The zero-order chi connectivity index (χ0) is 18.5. The maximum atomic E-state index is 14.1. The number of thioether (sulfide) groups is 2. The molecule has 26 heavy (non-hydrogen) atoms. The molecule has 2 aromatic carbocycles. The second kappa shape index (κ2) is 8.93. The lowest BCUT2D eigenvalue weighted by molar-refractivity contribution is -0.132. The van der Waals surface area contributed by atoms with Crippen molar-refractivity contribution in [3.05, 3.63) is 65.5 Å². The third-order valence-electron chi connectivity index (χ3n) is 4.40. The molecule has 3 rings (SSSR count). The van der Waals surface area contributed by atoms with Gasteiger partial charge >= 0.3 is 0 Å². The molecular weight excluding hydrogens is 367 g/mol. The lowest BCUT2D eigenvalue weighted by Gasteiger charge is -2.27. The van der Waals surface area contributed by atoms with Gasteiger partial charge in [-0.25, -0.2) is 4.39 Å². The van der Waals surface area contributed by atoms with Crippen molar-refractivity contribution in [2.24, 2.45) is 0 Å². The number of hydrogen-bond acceptors (Lipinski definition) is 4. The highest BCUT2D eigenvalue weighted by molar-refractivity contribution is 7.99. The lowest BCUT2D eigenvalue weighted by atomic mass is 10.2. The first kappa shape index (κ1) is 19.3. The van der Waals surface area contributed by atoms with Gasteiger partial charge in [-0.1, -0.05) is 30.3 Å². The van der Waals surface area contributed by atoms with Crippen molar-refractivity contribution in [3.63, 3.8) is 0 Å². The average Bonchev–Trinajstić information content (AvgIpc) is 3.12. The molecule has 0 unspecified atom stereocenters. The minimum Gasteiger partial charge on any atom is -0.325 e. The fourth-order valence-corrected chi connectivity index (χ4v) is 4.79. The van der Waals surface area contributed by atoms with Crippen molar-refractivity contribution in [1.82, 2.24) is 9.80 Å². The molecule has 0 bridgehead atoms. The number of carbonyl (C=O) groups excluding carboxylic acids is 1. The molecule has 2 aromatic rings. The van der Waals surface area contributed by atoms with Crippen LogP contribution in [-0.4, -0.2) is 47.9 Å². The SMILES string of the molecule is CSc1ccc(CN(C)CC(=O)N2CCS[C@@H]2c2ccccc2F)cc1. The Hall–Kier alpha value is -1.50. The molecule has 0 radical (unpaired) electrons. The molecule has 1 heterocycles. The monoisotopic (exact) mass is 390 g/mol. The molecule has 0 saturated carbocycles. The third kappa shape index (κ3) is 4.61. The Balaban J connectivity index is 1.62. The Morgan fingerprint density at radius 1 is 1.27 bits per heavy atom. The maximum absolute atomic E-state index is 14.1. The number of hydrogen-bond donors (Lipinski definition) is 0. The summed E-state index contributed by atoms with van der Waals surface area (Å²) in [6.07, 6.45) is 2.06. The Labute approximate surface area is 162 Å². The third-order valence-corrected chi connectivity index (χ3v) is 6.39. The summed E-state index contributed by atoms with van der Waals surface area (Å²) < 4.78 is 14.1. The molecule has 1 amide bonds. The molecule has 1 aliphatic rings. The van der Waals surface area contributed by atoms with Crippen LogP contribution in [0.1, 0.15) is 16.5 Å². The Morgan fingerprint density at radius 3 is 2.69 bits per heavy atom. The summed E-state index contributed by atoms with van der Waals surface area (Å²) >= 11 is 3.34. The number of halogens is 1. The Morgan fingerprint density at radius 2 is 2.00 bits per heavy atom. The van der Waals surface area contributed by atoms with Gasteiger partial charge in [0.2, 0.25) is 5.91 Å². The van der Waals surface area contributed by atoms with Crippen molar-refractivity contribution < 1.29 is 9.18 Å². The number of nitrogens with zero attached hydrogens (tertiary/aromatic N) is 2. The molecule has 0 aromatic heterocycles. The van der Waals surface area contributed by atoms with E-state index < -0.39 is 0 Å². The zero-order valence-corrected chi connectivity index (χ0v) is 16.7. The first-order valence-electron chi connectivity index (χ1n) is 8.55. The van der Waals surface area contributed by atoms with Gasteiger partial charge in [0.15, 0.2) is 0 Å². The van der Waals surface area contributed by atoms with E-state index in [1.54, 1.807) is 40.6 Å². The van der Waals surface area contributed by atoms with Gasteiger partial charge in [-0.2, -0.15) is 0 Å². The summed E-state index contributed by atoms with van der Waals surface area (Å²) in [7, 11) is 1.95. The van der Waals surface area contributed by atoms with Gasteiger partial charge in [-0.05, 0) is 37.1 Å². The number of benzene rings is 2. The zero-order valence-electron chi connectivity index (χ0n) is 15.0. The van der Waals surface area contributed by atoms with Crippen LogP contribution in [0.25, 0.3) is 0 Å². The Kier molecular flexibility index (Phi) is 6.62. The molecule has 0 N–H and O–H groups in total. The molecule has 1 aliphatic heterocycles. The quantitative estimate of drug-likeness (QED) is 0.688. The summed E-state index contributed by atoms with van der Waals surface area (Å²) in [5.74, 6) is 0.642. The maximum Gasteiger partial charge on any atom is 0.237 e. The standard InChI is InChI=1S/C20H23FN2OS2/c1-22(13-15-7-9-16(25-2)10-8-15)14-19(24)23-11-12-26-20(23)17-5-3-4-6-18(17)21/h3-10,20H,11-14H2,1-2H3/t20-/m1/s1. The lowest BCUT2D eigenvalue weighted by Crippen LogP contribution is -2.38. The Bertz CT molecular complexity index is 754. The minimum absolute atomic E-state index is 0.0477. The fraction of sp³-hybridized carbons (Fsp3) is 0.350. The minimum atomic E-state index is -0.244. The number of carbonyl (C=O) groups is 1. The molecule has 3 nitrogen and oxygen atoms in total. The molecule has 1 fully saturated rings. The van der Waals surface area contributed by atoms with Crippen LogP contribution in [0.15, 0.2) is 53.4 Å². The van der Waals surface area contributed by atoms with Crippen LogP contribution < -0.4 is 0 Å².